The van der Waals surface area contributed by atoms with Gasteiger partial charge in [0.2, 0.25) is 0 Å². The fourth-order valence-electron chi connectivity index (χ4n) is 2.36. The monoisotopic (exact) mass is 283 g/mol. The molecule has 1 aliphatic rings. The summed E-state index contributed by atoms with van der Waals surface area (Å²) in [5.41, 5.74) is 1.09. The molecule has 0 unspecified atom stereocenters. The van der Waals surface area contributed by atoms with E-state index >= 15 is 0 Å². The van der Waals surface area contributed by atoms with Gasteiger partial charge >= 0.3 is 5.63 Å². The Labute approximate surface area is 122 Å². The molecule has 21 heavy (non-hydrogen) atoms. The van der Waals surface area contributed by atoms with Crippen molar-refractivity contribution in [2.75, 3.05) is 0 Å². The fourth-order valence-corrected chi connectivity index (χ4v) is 2.36. The van der Waals surface area contributed by atoms with Gasteiger partial charge in [-0.15, -0.1) is 0 Å². The van der Waals surface area contributed by atoms with Gasteiger partial charge in [-0.25, -0.2) is 4.79 Å². The fraction of sp³-hybridized carbons (Fsp3) is 0.353. The molecular formula is C17H17NO3. The third-order valence-corrected chi connectivity index (χ3v) is 3.75. The van der Waals surface area contributed by atoms with Crippen LogP contribution in [0, 0.1) is 5.92 Å². The molecule has 4 heteroatoms. The van der Waals surface area contributed by atoms with E-state index in [0.717, 1.165) is 18.4 Å². The molecule has 0 atom stereocenters. The standard InChI is InChI=1S/C17H17NO3/c19-15(12-6-7-12)5-1-3-13-8-9-16(21-17(13)20)14-4-2-10-18-11-14/h2,4,8-12H,1,3,5-7H2. The summed E-state index contributed by atoms with van der Waals surface area (Å²) >= 11 is 0. The molecule has 1 saturated carbocycles. The van der Waals surface area contributed by atoms with E-state index in [1.165, 1.54) is 0 Å². The van der Waals surface area contributed by atoms with Crippen molar-refractivity contribution >= 4 is 5.78 Å². The van der Waals surface area contributed by atoms with Gasteiger partial charge in [0.05, 0.1) is 0 Å². The maximum atomic E-state index is 12.0. The molecule has 4 nitrogen and oxygen atoms in total. The van der Waals surface area contributed by atoms with Gasteiger partial charge in [0.25, 0.3) is 0 Å². The Hall–Kier alpha value is -2.23. The van der Waals surface area contributed by atoms with Gasteiger partial charge in [0.15, 0.2) is 0 Å². The Morgan fingerprint density at radius 1 is 1.29 bits per heavy atom. The first kappa shape index (κ1) is 13.7. The lowest BCUT2D eigenvalue weighted by Crippen LogP contribution is -2.09. The van der Waals surface area contributed by atoms with Crippen LogP contribution in [0.2, 0.25) is 0 Å². The van der Waals surface area contributed by atoms with E-state index < -0.39 is 0 Å². The zero-order chi connectivity index (χ0) is 14.7. The van der Waals surface area contributed by atoms with Crippen LogP contribution in [0.1, 0.15) is 31.2 Å². The predicted octanol–water partition coefficient (Wildman–Crippen LogP) is 3.00. The molecule has 0 bridgehead atoms. The summed E-state index contributed by atoms with van der Waals surface area (Å²) in [6, 6.07) is 7.22. The van der Waals surface area contributed by atoms with Crippen molar-refractivity contribution in [3.63, 3.8) is 0 Å². The number of hydrogen-bond acceptors (Lipinski definition) is 4. The highest BCUT2D eigenvalue weighted by atomic mass is 16.4. The Kier molecular flexibility index (Phi) is 3.95. The summed E-state index contributed by atoms with van der Waals surface area (Å²) < 4.78 is 5.33. The first-order valence-corrected chi connectivity index (χ1v) is 7.30. The molecule has 2 aromatic rings. The van der Waals surface area contributed by atoms with Crippen LogP contribution in [0.3, 0.4) is 0 Å². The number of aryl methyl sites for hydroxylation is 1. The van der Waals surface area contributed by atoms with Crippen LogP contribution in [0.5, 0.6) is 0 Å². The Morgan fingerprint density at radius 2 is 2.14 bits per heavy atom. The normalized spacial score (nSPS) is 14.1. The van der Waals surface area contributed by atoms with Gasteiger partial charge < -0.3 is 4.42 Å². The molecule has 0 saturated heterocycles. The third kappa shape index (κ3) is 3.45. The molecule has 108 valence electrons. The number of carbonyl (C=O) groups is 1. The van der Waals surface area contributed by atoms with Crippen LogP contribution in [-0.4, -0.2) is 10.8 Å². The van der Waals surface area contributed by atoms with Crippen LogP contribution < -0.4 is 5.63 Å². The lowest BCUT2D eigenvalue weighted by molar-refractivity contribution is -0.120. The summed E-state index contributed by atoms with van der Waals surface area (Å²) in [5, 5.41) is 0. The first-order valence-electron chi connectivity index (χ1n) is 7.30. The topological polar surface area (TPSA) is 60.2 Å². The number of nitrogens with zero attached hydrogens (tertiary/aromatic N) is 1. The molecule has 1 fully saturated rings. The van der Waals surface area contributed by atoms with Crippen LogP contribution in [-0.2, 0) is 11.2 Å². The Morgan fingerprint density at radius 3 is 2.81 bits per heavy atom. The number of aromatic nitrogens is 1. The van der Waals surface area contributed by atoms with E-state index in [-0.39, 0.29) is 5.63 Å². The van der Waals surface area contributed by atoms with Crippen molar-refractivity contribution in [1.29, 1.82) is 0 Å². The third-order valence-electron chi connectivity index (χ3n) is 3.75. The largest absolute Gasteiger partial charge is 0.422 e. The highest BCUT2D eigenvalue weighted by molar-refractivity contribution is 5.83. The van der Waals surface area contributed by atoms with Crippen molar-refractivity contribution in [2.45, 2.75) is 32.1 Å². The summed E-state index contributed by atoms with van der Waals surface area (Å²) in [4.78, 5) is 27.6. The van der Waals surface area contributed by atoms with Gasteiger partial charge in [0, 0.05) is 35.9 Å². The van der Waals surface area contributed by atoms with Crippen molar-refractivity contribution in [3.05, 3.63) is 52.6 Å². The summed E-state index contributed by atoms with van der Waals surface area (Å²) in [6.07, 6.45) is 7.29. The number of ketones is 1. The number of hydrogen-bond donors (Lipinski definition) is 0. The van der Waals surface area contributed by atoms with Crippen LogP contribution >= 0.6 is 0 Å². The molecule has 2 heterocycles. The van der Waals surface area contributed by atoms with Crippen molar-refractivity contribution in [3.8, 4) is 11.3 Å². The summed E-state index contributed by atoms with van der Waals surface area (Å²) in [7, 11) is 0. The zero-order valence-electron chi connectivity index (χ0n) is 11.7. The van der Waals surface area contributed by atoms with Crippen molar-refractivity contribution in [2.24, 2.45) is 5.92 Å². The van der Waals surface area contributed by atoms with Gasteiger partial charge in [-0.3, -0.25) is 9.78 Å². The lowest BCUT2D eigenvalue weighted by Gasteiger charge is -2.02. The molecule has 1 aliphatic carbocycles. The minimum Gasteiger partial charge on any atom is -0.422 e. The molecular weight excluding hydrogens is 266 g/mol. The second-order valence-corrected chi connectivity index (χ2v) is 5.45. The van der Waals surface area contributed by atoms with Crippen LogP contribution in [0.25, 0.3) is 11.3 Å². The molecule has 0 aromatic carbocycles. The number of rotatable bonds is 6. The van der Waals surface area contributed by atoms with E-state index in [1.807, 2.05) is 6.07 Å². The molecule has 0 N–H and O–H groups in total. The van der Waals surface area contributed by atoms with Gasteiger partial charge in [-0.2, -0.15) is 0 Å². The molecule has 3 rings (SSSR count). The van der Waals surface area contributed by atoms with E-state index in [1.54, 1.807) is 30.6 Å². The quantitative estimate of drug-likeness (QED) is 0.817. The van der Waals surface area contributed by atoms with E-state index in [9.17, 15) is 9.59 Å². The average molecular weight is 283 g/mol. The molecule has 0 spiro atoms. The minimum absolute atomic E-state index is 0.300. The van der Waals surface area contributed by atoms with Gasteiger partial charge in [-0.05, 0) is 49.9 Å². The van der Waals surface area contributed by atoms with Crippen LogP contribution in [0.15, 0.2) is 45.9 Å². The molecule has 0 radical (unpaired) electrons. The van der Waals surface area contributed by atoms with E-state index in [0.29, 0.717) is 42.3 Å². The Balaban J connectivity index is 1.64. The number of pyridine rings is 1. The molecule has 0 amide bonds. The predicted molar refractivity (Wildman–Crippen MR) is 78.9 cm³/mol. The highest BCUT2D eigenvalue weighted by Crippen LogP contribution is 2.31. The number of carbonyl (C=O) groups excluding carboxylic acids is 1. The smallest absolute Gasteiger partial charge is 0.339 e. The van der Waals surface area contributed by atoms with E-state index in [4.69, 9.17) is 4.42 Å². The van der Waals surface area contributed by atoms with Crippen molar-refractivity contribution in [1.82, 2.24) is 4.98 Å². The SMILES string of the molecule is O=C(CCCc1ccc(-c2cccnc2)oc1=O)C1CC1. The maximum Gasteiger partial charge on any atom is 0.339 e. The van der Waals surface area contributed by atoms with Gasteiger partial charge in [0.1, 0.15) is 11.5 Å². The van der Waals surface area contributed by atoms with Crippen molar-refractivity contribution < 1.29 is 9.21 Å². The first-order chi connectivity index (χ1) is 10.2. The molecule has 0 aliphatic heterocycles. The average Bonchev–Trinajstić information content (AvgIpc) is 3.34. The Bertz CT molecular complexity index is 687. The van der Waals surface area contributed by atoms with E-state index in [2.05, 4.69) is 4.98 Å². The second kappa shape index (κ2) is 6.04. The minimum atomic E-state index is -0.324. The van der Waals surface area contributed by atoms with Gasteiger partial charge in [-0.1, -0.05) is 0 Å². The number of Topliss-reactive ketones (excluding diaryl/α,β-unsaturated/α-hetero) is 1. The second-order valence-electron chi connectivity index (χ2n) is 5.45. The molecule has 2 aromatic heterocycles. The summed E-state index contributed by atoms with van der Waals surface area (Å²) in [6.45, 7) is 0. The summed E-state index contributed by atoms with van der Waals surface area (Å²) in [5.74, 6) is 1.16. The highest BCUT2D eigenvalue weighted by Gasteiger charge is 2.28. The zero-order valence-corrected chi connectivity index (χ0v) is 11.7. The maximum absolute atomic E-state index is 12.0. The lowest BCUT2D eigenvalue weighted by atomic mass is 10.1. The van der Waals surface area contributed by atoms with Crippen LogP contribution in [0.4, 0.5) is 0 Å².